The van der Waals surface area contributed by atoms with Gasteiger partial charge in [-0.3, -0.25) is 4.79 Å². The Bertz CT molecular complexity index is 233. The van der Waals surface area contributed by atoms with Crippen LogP contribution in [-0.2, 0) is 9.53 Å². The van der Waals surface area contributed by atoms with E-state index in [9.17, 15) is 9.59 Å². The van der Waals surface area contributed by atoms with Crippen LogP contribution in [0.3, 0.4) is 0 Å². The minimum Gasteiger partial charge on any atom is -0.481 e. The monoisotopic (exact) mass is 219 g/mol. The van der Waals surface area contributed by atoms with Gasteiger partial charge in [0.1, 0.15) is 5.60 Å². The maximum absolute atomic E-state index is 11.1. The predicted octanol–water partition coefficient (Wildman–Crippen LogP) is 0.347. The number of aliphatic hydroxyl groups is 1. The van der Waals surface area contributed by atoms with Crippen molar-refractivity contribution in [2.75, 3.05) is 6.54 Å². The molecule has 0 aliphatic carbocycles. The zero-order valence-corrected chi connectivity index (χ0v) is 9.11. The fraction of sp³-hybridized carbons (Fsp3) is 0.778. The quantitative estimate of drug-likeness (QED) is 0.634. The molecule has 15 heavy (non-hydrogen) atoms. The van der Waals surface area contributed by atoms with E-state index in [1.165, 1.54) is 0 Å². The molecule has 0 aliphatic heterocycles. The van der Waals surface area contributed by atoms with E-state index in [1.807, 2.05) is 0 Å². The van der Waals surface area contributed by atoms with Gasteiger partial charge in [0.15, 0.2) is 0 Å². The number of carboxylic acid groups (broad SMARTS) is 1. The van der Waals surface area contributed by atoms with Crippen LogP contribution in [-0.4, -0.2) is 40.5 Å². The maximum Gasteiger partial charge on any atom is 0.407 e. The summed E-state index contributed by atoms with van der Waals surface area (Å²) in [4.78, 5) is 21.2. The molecular weight excluding hydrogens is 202 g/mol. The van der Waals surface area contributed by atoms with Gasteiger partial charge in [-0.05, 0) is 20.8 Å². The summed E-state index contributed by atoms with van der Waals surface area (Å²) in [5.41, 5.74) is -0.609. The Morgan fingerprint density at radius 2 is 1.93 bits per heavy atom. The third-order valence-electron chi connectivity index (χ3n) is 1.29. The lowest BCUT2D eigenvalue weighted by molar-refractivity contribution is -0.139. The van der Waals surface area contributed by atoms with E-state index < -0.39 is 30.2 Å². The molecule has 0 spiro atoms. The summed E-state index contributed by atoms with van der Waals surface area (Å²) >= 11 is 0. The lowest BCUT2D eigenvalue weighted by Gasteiger charge is -2.20. The molecule has 0 aromatic heterocycles. The van der Waals surface area contributed by atoms with Gasteiger partial charge in [-0.15, -0.1) is 0 Å². The first-order valence-corrected chi connectivity index (χ1v) is 4.57. The fourth-order valence-electron chi connectivity index (χ4n) is 0.789. The van der Waals surface area contributed by atoms with E-state index in [2.05, 4.69) is 5.32 Å². The molecule has 0 bridgehead atoms. The van der Waals surface area contributed by atoms with Crippen LogP contribution in [0.1, 0.15) is 27.2 Å². The third-order valence-corrected chi connectivity index (χ3v) is 1.29. The van der Waals surface area contributed by atoms with Crippen LogP contribution in [0.4, 0.5) is 4.79 Å². The number of carbonyl (C=O) groups excluding carboxylic acids is 1. The molecule has 0 aromatic carbocycles. The van der Waals surface area contributed by atoms with Gasteiger partial charge >= 0.3 is 12.1 Å². The molecule has 1 amide bonds. The number of hydrogen-bond acceptors (Lipinski definition) is 4. The summed E-state index contributed by atoms with van der Waals surface area (Å²) in [6.07, 6.45) is -2.18. The van der Waals surface area contributed by atoms with E-state index in [4.69, 9.17) is 14.9 Å². The van der Waals surface area contributed by atoms with Crippen LogP contribution in [0.2, 0.25) is 0 Å². The van der Waals surface area contributed by atoms with E-state index in [-0.39, 0.29) is 6.54 Å². The molecule has 6 heteroatoms. The average molecular weight is 219 g/mol. The number of rotatable bonds is 4. The molecule has 0 saturated heterocycles. The highest BCUT2D eigenvalue weighted by molar-refractivity contribution is 5.69. The molecule has 0 unspecified atom stereocenters. The molecule has 3 N–H and O–H groups in total. The maximum atomic E-state index is 11.1. The van der Waals surface area contributed by atoms with Gasteiger partial charge in [0, 0.05) is 6.54 Å². The van der Waals surface area contributed by atoms with Crippen molar-refractivity contribution in [2.24, 2.45) is 0 Å². The number of aliphatic carboxylic acids is 1. The van der Waals surface area contributed by atoms with Gasteiger partial charge in [-0.2, -0.15) is 0 Å². The van der Waals surface area contributed by atoms with Crippen molar-refractivity contribution in [3.8, 4) is 0 Å². The Kier molecular flexibility index (Phi) is 5.07. The van der Waals surface area contributed by atoms with Gasteiger partial charge in [-0.1, -0.05) is 0 Å². The first kappa shape index (κ1) is 13.7. The number of aliphatic hydroxyl groups excluding tert-OH is 1. The van der Waals surface area contributed by atoms with Crippen LogP contribution in [0.15, 0.2) is 0 Å². The molecule has 0 radical (unpaired) electrons. The largest absolute Gasteiger partial charge is 0.481 e. The number of ether oxygens (including phenoxy) is 1. The van der Waals surface area contributed by atoms with Crippen LogP contribution >= 0.6 is 0 Å². The molecule has 0 aliphatic rings. The second kappa shape index (κ2) is 5.55. The van der Waals surface area contributed by atoms with E-state index in [0.717, 1.165) is 0 Å². The van der Waals surface area contributed by atoms with E-state index >= 15 is 0 Å². The first-order chi connectivity index (χ1) is 6.70. The molecular formula is C9H17NO5. The summed E-state index contributed by atoms with van der Waals surface area (Å²) in [6.45, 7) is 4.99. The second-order valence-electron chi connectivity index (χ2n) is 4.13. The summed E-state index contributed by atoms with van der Waals surface area (Å²) in [7, 11) is 0. The Morgan fingerprint density at radius 3 is 2.33 bits per heavy atom. The minimum atomic E-state index is -1.12. The summed E-state index contributed by atoms with van der Waals surface area (Å²) in [5.74, 6) is -1.12. The first-order valence-electron chi connectivity index (χ1n) is 4.57. The minimum absolute atomic E-state index is 0.138. The summed E-state index contributed by atoms with van der Waals surface area (Å²) < 4.78 is 4.88. The zero-order chi connectivity index (χ0) is 12.1. The fourth-order valence-corrected chi connectivity index (χ4v) is 0.789. The number of hydrogen-bond donors (Lipinski definition) is 3. The van der Waals surface area contributed by atoms with Crippen LogP contribution in [0, 0.1) is 0 Å². The van der Waals surface area contributed by atoms with E-state index in [1.54, 1.807) is 20.8 Å². The number of carboxylic acids is 1. The summed E-state index contributed by atoms with van der Waals surface area (Å²) in [5, 5.41) is 19.7. The summed E-state index contributed by atoms with van der Waals surface area (Å²) in [6, 6.07) is 0. The standard InChI is InChI=1S/C9H17NO5/c1-9(2,3)15-8(14)10-5-6(11)4-7(12)13/h6,11H,4-5H2,1-3H3,(H,10,14)(H,12,13)/t6-/m0/s1. The highest BCUT2D eigenvalue weighted by Crippen LogP contribution is 2.06. The van der Waals surface area contributed by atoms with Crippen molar-refractivity contribution in [2.45, 2.75) is 38.9 Å². The molecule has 0 aromatic rings. The van der Waals surface area contributed by atoms with Gasteiger partial charge in [0.05, 0.1) is 12.5 Å². The predicted molar refractivity (Wildman–Crippen MR) is 52.5 cm³/mol. The normalized spacial score (nSPS) is 13.1. The van der Waals surface area contributed by atoms with Crippen molar-refractivity contribution >= 4 is 12.1 Å². The number of carbonyl (C=O) groups is 2. The molecule has 0 saturated carbocycles. The van der Waals surface area contributed by atoms with Crippen molar-refractivity contribution in [1.82, 2.24) is 5.32 Å². The SMILES string of the molecule is CC(C)(C)OC(=O)NC[C@@H](O)CC(=O)O. The van der Waals surface area contributed by atoms with Crippen molar-refractivity contribution < 1.29 is 24.5 Å². The lowest BCUT2D eigenvalue weighted by atomic mass is 10.2. The molecule has 6 nitrogen and oxygen atoms in total. The van der Waals surface area contributed by atoms with Gasteiger partial charge in [-0.25, -0.2) is 4.79 Å². The molecule has 0 rings (SSSR count). The molecule has 88 valence electrons. The van der Waals surface area contributed by atoms with Crippen LogP contribution in [0.25, 0.3) is 0 Å². The second-order valence-corrected chi connectivity index (χ2v) is 4.13. The van der Waals surface area contributed by atoms with Crippen LogP contribution in [0.5, 0.6) is 0 Å². The Morgan fingerprint density at radius 1 is 1.40 bits per heavy atom. The highest BCUT2D eigenvalue weighted by Gasteiger charge is 2.17. The van der Waals surface area contributed by atoms with E-state index in [0.29, 0.717) is 0 Å². The lowest BCUT2D eigenvalue weighted by Crippen LogP contribution is -2.37. The van der Waals surface area contributed by atoms with Gasteiger partial charge in [0.2, 0.25) is 0 Å². The average Bonchev–Trinajstić information content (AvgIpc) is 1.96. The van der Waals surface area contributed by atoms with Gasteiger partial charge < -0.3 is 20.3 Å². The Balaban J connectivity index is 3.76. The van der Waals surface area contributed by atoms with Gasteiger partial charge in [0.25, 0.3) is 0 Å². The molecule has 1 atom stereocenters. The van der Waals surface area contributed by atoms with Crippen molar-refractivity contribution in [3.05, 3.63) is 0 Å². The van der Waals surface area contributed by atoms with Crippen molar-refractivity contribution in [1.29, 1.82) is 0 Å². The third kappa shape index (κ3) is 9.01. The Hall–Kier alpha value is -1.30. The number of nitrogens with one attached hydrogen (secondary N) is 1. The molecule has 0 fully saturated rings. The number of amides is 1. The highest BCUT2D eigenvalue weighted by atomic mass is 16.6. The Labute approximate surface area is 88.2 Å². The zero-order valence-electron chi connectivity index (χ0n) is 9.11. The topological polar surface area (TPSA) is 95.9 Å². The molecule has 0 heterocycles. The smallest absolute Gasteiger partial charge is 0.407 e. The van der Waals surface area contributed by atoms with Crippen LogP contribution < -0.4 is 5.32 Å². The number of alkyl carbamates (subject to hydrolysis) is 1. The van der Waals surface area contributed by atoms with Crippen molar-refractivity contribution in [3.63, 3.8) is 0 Å².